The van der Waals surface area contributed by atoms with E-state index in [0.29, 0.717) is 0 Å². The number of hydrogen-bond donors (Lipinski definition) is 1. The lowest BCUT2D eigenvalue weighted by atomic mass is 9.92. The predicted octanol–water partition coefficient (Wildman–Crippen LogP) is 2.46. The molecule has 104 valence electrons. The summed E-state index contributed by atoms with van der Waals surface area (Å²) in [5.74, 6) is 1.65. The smallest absolute Gasteiger partial charge is 0.0412 e. The van der Waals surface area contributed by atoms with E-state index in [2.05, 4.69) is 43.0 Å². The fraction of sp³-hybridized carbons (Fsp3) is 0.647. The maximum absolute atomic E-state index is 6.21. The summed E-state index contributed by atoms with van der Waals surface area (Å²) in [5.41, 5.74) is 9.44. The van der Waals surface area contributed by atoms with Gasteiger partial charge in [-0.15, -0.1) is 0 Å². The highest BCUT2D eigenvalue weighted by atomic mass is 15.2. The van der Waals surface area contributed by atoms with Crippen LogP contribution in [0.5, 0.6) is 0 Å². The summed E-state index contributed by atoms with van der Waals surface area (Å²) in [6.45, 7) is 7.96. The molecule has 2 heteroatoms. The van der Waals surface area contributed by atoms with Crippen molar-refractivity contribution in [3.05, 3.63) is 35.4 Å². The third-order valence-corrected chi connectivity index (χ3v) is 5.38. The van der Waals surface area contributed by atoms with Crippen LogP contribution in [0.3, 0.4) is 0 Å². The van der Waals surface area contributed by atoms with Gasteiger partial charge in [0.25, 0.3) is 0 Å². The summed E-state index contributed by atoms with van der Waals surface area (Å²) in [6.07, 6.45) is 3.63. The molecule has 1 aromatic rings. The molecular weight excluding hydrogens is 232 g/mol. The standard InChI is InChI=1S/C17H26N2/c1-13(2)16-7-8-19(11-16)17(12-18)9-14-5-3-4-6-15(14)10-17/h3-6,13,16H,7-12,18H2,1-2H3. The number of hydrogen-bond acceptors (Lipinski definition) is 2. The fourth-order valence-electron chi connectivity index (χ4n) is 3.93. The number of benzene rings is 1. The Balaban J connectivity index is 1.80. The minimum Gasteiger partial charge on any atom is -0.329 e. The molecule has 1 fully saturated rings. The summed E-state index contributed by atoms with van der Waals surface area (Å²) in [4.78, 5) is 2.69. The number of nitrogens with two attached hydrogens (primary N) is 1. The Morgan fingerprint density at radius 3 is 2.37 bits per heavy atom. The maximum atomic E-state index is 6.21. The molecule has 19 heavy (non-hydrogen) atoms. The van der Waals surface area contributed by atoms with E-state index >= 15 is 0 Å². The van der Waals surface area contributed by atoms with Crippen molar-refractivity contribution in [3.8, 4) is 0 Å². The van der Waals surface area contributed by atoms with E-state index in [1.165, 1.54) is 30.6 Å². The third-order valence-electron chi connectivity index (χ3n) is 5.38. The second-order valence-corrected chi connectivity index (χ2v) is 6.79. The molecule has 2 nitrogen and oxygen atoms in total. The molecule has 0 radical (unpaired) electrons. The lowest BCUT2D eigenvalue weighted by molar-refractivity contribution is 0.125. The van der Waals surface area contributed by atoms with Crippen molar-refractivity contribution >= 4 is 0 Å². The van der Waals surface area contributed by atoms with Crippen LogP contribution >= 0.6 is 0 Å². The van der Waals surface area contributed by atoms with E-state index < -0.39 is 0 Å². The van der Waals surface area contributed by atoms with Gasteiger partial charge in [0.15, 0.2) is 0 Å². The molecule has 0 aromatic heterocycles. The van der Waals surface area contributed by atoms with Crippen molar-refractivity contribution in [2.75, 3.05) is 19.6 Å². The summed E-state index contributed by atoms with van der Waals surface area (Å²) < 4.78 is 0. The minimum atomic E-state index is 0.202. The molecule has 1 atom stereocenters. The van der Waals surface area contributed by atoms with E-state index in [4.69, 9.17) is 5.73 Å². The van der Waals surface area contributed by atoms with Crippen LogP contribution in [0, 0.1) is 11.8 Å². The largest absolute Gasteiger partial charge is 0.329 e. The molecule has 0 saturated carbocycles. The van der Waals surface area contributed by atoms with E-state index in [-0.39, 0.29) is 5.54 Å². The second-order valence-electron chi connectivity index (χ2n) is 6.79. The molecule has 2 N–H and O–H groups in total. The number of likely N-dealkylation sites (tertiary alicyclic amines) is 1. The summed E-state index contributed by atoms with van der Waals surface area (Å²) in [7, 11) is 0. The Morgan fingerprint density at radius 1 is 1.26 bits per heavy atom. The molecule has 0 amide bonds. The highest BCUT2D eigenvalue weighted by Gasteiger charge is 2.44. The average Bonchev–Trinajstić information content (AvgIpc) is 3.03. The molecule has 3 rings (SSSR count). The van der Waals surface area contributed by atoms with Crippen LogP contribution in [-0.4, -0.2) is 30.1 Å². The van der Waals surface area contributed by atoms with Crippen LogP contribution in [0.4, 0.5) is 0 Å². The molecule has 1 aliphatic heterocycles. The van der Waals surface area contributed by atoms with Crippen molar-refractivity contribution in [1.29, 1.82) is 0 Å². The lowest BCUT2D eigenvalue weighted by Crippen LogP contribution is -2.54. The first-order valence-corrected chi connectivity index (χ1v) is 7.66. The molecule has 0 bridgehead atoms. The number of rotatable bonds is 3. The van der Waals surface area contributed by atoms with Gasteiger partial charge in [-0.25, -0.2) is 0 Å². The number of fused-ring (bicyclic) bond motifs is 1. The first-order chi connectivity index (χ1) is 9.14. The molecule has 1 unspecified atom stereocenters. The molecule has 1 aromatic carbocycles. The summed E-state index contributed by atoms with van der Waals surface area (Å²) in [6, 6.07) is 8.88. The van der Waals surface area contributed by atoms with E-state index in [1.54, 1.807) is 0 Å². The van der Waals surface area contributed by atoms with Crippen molar-refractivity contribution < 1.29 is 0 Å². The zero-order valence-electron chi connectivity index (χ0n) is 12.2. The average molecular weight is 258 g/mol. The fourth-order valence-corrected chi connectivity index (χ4v) is 3.93. The molecule has 1 aliphatic carbocycles. The van der Waals surface area contributed by atoms with Crippen molar-refractivity contribution in [2.45, 2.75) is 38.6 Å². The van der Waals surface area contributed by atoms with Gasteiger partial charge in [-0.2, -0.15) is 0 Å². The van der Waals surface area contributed by atoms with Gasteiger partial charge >= 0.3 is 0 Å². The zero-order valence-corrected chi connectivity index (χ0v) is 12.2. The Hall–Kier alpha value is -0.860. The van der Waals surface area contributed by atoms with Gasteiger partial charge in [0.05, 0.1) is 0 Å². The van der Waals surface area contributed by atoms with Crippen LogP contribution in [-0.2, 0) is 12.8 Å². The van der Waals surface area contributed by atoms with Crippen LogP contribution in [0.25, 0.3) is 0 Å². The van der Waals surface area contributed by atoms with Gasteiger partial charge in [-0.1, -0.05) is 38.1 Å². The van der Waals surface area contributed by atoms with Gasteiger partial charge in [-0.05, 0) is 48.8 Å². The van der Waals surface area contributed by atoms with Crippen LogP contribution in [0.15, 0.2) is 24.3 Å². The Morgan fingerprint density at radius 2 is 1.89 bits per heavy atom. The Kier molecular flexibility index (Phi) is 3.40. The second kappa shape index (κ2) is 4.92. The van der Waals surface area contributed by atoms with Crippen LogP contribution in [0.1, 0.15) is 31.4 Å². The van der Waals surface area contributed by atoms with Gasteiger partial charge < -0.3 is 5.73 Å². The lowest BCUT2D eigenvalue weighted by Gasteiger charge is -2.38. The highest BCUT2D eigenvalue weighted by Crippen LogP contribution is 2.38. The first kappa shape index (κ1) is 13.1. The molecule has 1 heterocycles. The molecule has 0 spiro atoms. The normalized spacial score (nSPS) is 26.0. The molecule has 2 aliphatic rings. The van der Waals surface area contributed by atoms with E-state index in [0.717, 1.165) is 31.2 Å². The van der Waals surface area contributed by atoms with Gasteiger partial charge in [0.1, 0.15) is 0 Å². The first-order valence-electron chi connectivity index (χ1n) is 7.66. The molecular formula is C17H26N2. The molecule has 1 saturated heterocycles. The monoisotopic (exact) mass is 258 g/mol. The van der Waals surface area contributed by atoms with Gasteiger partial charge in [0, 0.05) is 18.6 Å². The summed E-state index contributed by atoms with van der Waals surface area (Å²) in [5, 5.41) is 0. The SMILES string of the molecule is CC(C)C1CCN(C2(CN)Cc3ccccc3C2)C1. The van der Waals surface area contributed by atoms with Crippen LogP contribution < -0.4 is 5.73 Å². The van der Waals surface area contributed by atoms with E-state index in [9.17, 15) is 0 Å². The quantitative estimate of drug-likeness (QED) is 0.902. The van der Waals surface area contributed by atoms with Crippen LogP contribution in [0.2, 0.25) is 0 Å². The highest BCUT2D eigenvalue weighted by molar-refractivity contribution is 5.36. The third kappa shape index (κ3) is 2.21. The minimum absolute atomic E-state index is 0.202. The van der Waals surface area contributed by atoms with Crippen molar-refractivity contribution in [2.24, 2.45) is 17.6 Å². The van der Waals surface area contributed by atoms with Gasteiger partial charge in [-0.3, -0.25) is 4.90 Å². The van der Waals surface area contributed by atoms with Crippen molar-refractivity contribution in [1.82, 2.24) is 4.90 Å². The van der Waals surface area contributed by atoms with Crippen molar-refractivity contribution in [3.63, 3.8) is 0 Å². The predicted molar refractivity (Wildman–Crippen MR) is 80.2 cm³/mol. The number of nitrogens with zero attached hydrogens (tertiary/aromatic N) is 1. The maximum Gasteiger partial charge on any atom is 0.0412 e. The van der Waals surface area contributed by atoms with Gasteiger partial charge in [0.2, 0.25) is 0 Å². The van der Waals surface area contributed by atoms with E-state index in [1.807, 2.05) is 0 Å². The summed E-state index contributed by atoms with van der Waals surface area (Å²) >= 11 is 0. The zero-order chi connectivity index (χ0) is 13.5. The Bertz CT molecular complexity index is 427. The topological polar surface area (TPSA) is 29.3 Å². The Labute approximate surface area is 117 Å².